The van der Waals surface area contributed by atoms with Gasteiger partial charge in [-0.15, -0.1) is 0 Å². The van der Waals surface area contributed by atoms with Gasteiger partial charge in [0.05, 0.1) is 11.0 Å². The topological polar surface area (TPSA) is 55.8 Å². The molecule has 0 aromatic heterocycles. The van der Waals surface area contributed by atoms with E-state index in [-0.39, 0.29) is 16.9 Å². The van der Waals surface area contributed by atoms with Crippen molar-refractivity contribution in [2.45, 2.75) is 51.7 Å². The Balaban J connectivity index is 1.93. The van der Waals surface area contributed by atoms with E-state index in [1.165, 1.54) is 13.8 Å². The molecule has 29 heavy (non-hydrogen) atoms. The summed E-state index contributed by atoms with van der Waals surface area (Å²) < 4.78 is 67.9. The van der Waals surface area contributed by atoms with Crippen LogP contribution in [0.5, 0.6) is 11.5 Å². The summed E-state index contributed by atoms with van der Waals surface area (Å²) in [7, 11) is 0. The quantitative estimate of drug-likeness (QED) is 0.710. The number of ether oxygens (including phenoxy) is 2. The molecule has 0 bridgehead atoms. The van der Waals surface area contributed by atoms with Crippen molar-refractivity contribution in [1.29, 1.82) is 0 Å². The van der Waals surface area contributed by atoms with E-state index in [0.717, 1.165) is 18.2 Å². The van der Waals surface area contributed by atoms with Gasteiger partial charge in [0.1, 0.15) is 18.0 Å². The van der Waals surface area contributed by atoms with Crippen LogP contribution in [0.1, 0.15) is 44.4 Å². The molecule has 1 aliphatic heterocycles. The second-order valence-electron chi connectivity index (χ2n) is 8.17. The molecule has 4 nitrogen and oxygen atoms in total. The first-order chi connectivity index (χ1) is 13.3. The highest BCUT2D eigenvalue weighted by Gasteiger charge is 2.35. The van der Waals surface area contributed by atoms with Crippen molar-refractivity contribution in [2.75, 3.05) is 0 Å². The maximum atomic E-state index is 14.4. The van der Waals surface area contributed by atoms with Gasteiger partial charge in [-0.3, -0.25) is 4.79 Å². The fourth-order valence-corrected chi connectivity index (χ4v) is 3.20. The number of halogens is 4. The lowest BCUT2D eigenvalue weighted by Crippen LogP contribution is -2.28. The predicted molar refractivity (Wildman–Crippen MR) is 96.1 cm³/mol. The standard InChI is InChI=1S/C21H20F4O4/c1-20(2)8-10-5-13(22)16(25)12(17(10)29-20)9-28-18-14(23)6-11(7-15(18)24)21(3,4)19(26)27/h5-7H,8-9H2,1-4H3,(H,26,27). The first-order valence-corrected chi connectivity index (χ1v) is 8.88. The van der Waals surface area contributed by atoms with Crippen LogP contribution >= 0.6 is 0 Å². The number of fused-ring (bicyclic) bond motifs is 1. The Kier molecular flexibility index (Phi) is 5.01. The van der Waals surface area contributed by atoms with E-state index in [0.29, 0.717) is 12.0 Å². The molecular formula is C21H20F4O4. The van der Waals surface area contributed by atoms with Crippen molar-refractivity contribution in [3.63, 3.8) is 0 Å². The van der Waals surface area contributed by atoms with E-state index in [9.17, 15) is 27.5 Å². The highest BCUT2D eigenvalue weighted by Crippen LogP contribution is 2.40. The number of rotatable bonds is 5. The molecular weight excluding hydrogens is 392 g/mol. The molecule has 0 radical (unpaired) electrons. The number of carbonyl (C=O) groups is 1. The van der Waals surface area contributed by atoms with Crippen LogP contribution in [0.2, 0.25) is 0 Å². The summed E-state index contributed by atoms with van der Waals surface area (Å²) in [5.74, 6) is -6.60. The highest BCUT2D eigenvalue weighted by molar-refractivity contribution is 5.80. The lowest BCUT2D eigenvalue weighted by Gasteiger charge is -2.21. The maximum absolute atomic E-state index is 14.4. The average Bonchev–Trinajstić information content (AvgIpc) is 2.90. The summed E-state index contributed by atoms with van der Waals surface area (Å²) in [6, 6.07) is 2.73. The Morgan fingerprint density at radius 3 is 2.28 bits per heavy atom. The molecule has 0 fully saturated rings. The van der Waals surface area contributed by atoms with Gasteiger partial charge in [-0.2, -0.15) is 0 Å². The second-order valence-corrected chi connectivity index (χ2v) is 8.17. The monoisotopic (exact) mass is 412 g/mol. The molecule has 1 heterocycles. The molecule has 1 aliphatic rings. The summed E-state index contributed by atoms with van der Waals surface area (Å²) in [4.78, 5) is 11.3. The molecule has 8 heteroatoms. The van der Waals surface area contributed by atoms with Crippen LogP contribution in [-0.2, 0) is 23.2 Å². The Bertz CT molecular complexity index is 976. The maximum Gasteiger partial charge on any atom is 0.313 e. The normalized spacial score (nSPS) is 15.0. The highest BCUT2D eigenvalue weighted by atomic mass is 19.2. The zero-order valence-corrected chi connectivity index (χ0v) is 16.3. The van der Waals surface area contributed by atoms with Gasteiger partial charge in [-0.1, -0.05) is 0 Å². The van der Waals surface area contributed by atoms with Crippen LogP contribution < -0.4 is 9.47 Å². The average molecular weight is 412 g/mol. The van der Waals surface area contributed by atoms with Gasteiger partial charge in [0.2, 0.25) is 0 Å². The summed E-state index contributed by atoms with van der Waals surface area (Å²) >= 11 is 0. The van der Waals surface area contributed by atoms with Gasteiger partial charge in [0, 0.05) is 12.0 Å². The molecule has 0 saturated heterocycles. The van der Waals surface area contributed by atoms with Crippen LogP contribution in [0.25, 0.3) is 0 Å². The van der Waals surface area contributed by atoms with E-state index in [4.69, 9.17) is 9.47 Å². The van der Waals surface area contributed by atoms with E-state index < -0.39 is 52.6 Å². The summed E-state index contributed by atoms with van der Waals surface area (Å²) in [5.41, 5.74) is -2.16. The smallest absolute Gasteiger partial charge is 0.313 e. The largest absolute Gasteiger partial charge is 0.487 e. The van der Waals surface area contributed by atoms with E-state index >= 15 is 0 Å². The number of carboxylic acid groups (broad SMARTS) is 1. The van der Waals surface area contributed by atoms with Crippen molar-refractivity contribution >= 4 is 5.97 Å². The minimum Gasteiger partial charge on any atom is -0.487 e. The number of hydrogen-bond acceptors (Lipinski definition) is 3. The third-order valence-electron chi connectivity index (χ3n) is 4.95. The van der Waals surface area contributed by atoms with E-state index in [1.807, 2.05) is 0 Å². The van der Waals surface area contributed by atoms with E-state index in [2.05, 4.69) is 0 Å². The van der Waals surface area contributed by atoms with Crippen LogP contribution in [0.4, 0.5) is 17.6 Å². The van der Waals surface area contributed by atoms with Crippen LogP contribution in [0.3, 0.4) is 0 Å². The summed E-state index contributed by atoms with van der Waals surface area (Å²) in [6.45, 7) is 5.42. The number of carboxylic acids is 1. The van der Waals surface area contributed by atoms with Gasteiger partial charge >= 0.3 is 5.97 Å². The van der Waals surface area contributed by atoms with Gasteiger partial charge in [-0.05, 0) is 51.5 Å². The van der Waals surface area contributed by atoms with Crippen molar-refractivity contribution in [3.8, 4) is 11.5 Å². The summed E-state index contributed by atoms with van der Waals surface area (Å²) in [6.07, 6.45) is 0.341. The number of aliphatic carboxylic acids is 1. The van der Waals surface area contributed by atoms with Gasteiger partial charge < -0.3 is 14.6 Å². The van der Waals surface area contributed by atoms with Gasteiger partial charge in [0.25, 0.3) is 0 Å². The lowest BCUT2D eigenvalue weighted by molar-refractivity contribution is -0.142. The fraction of sp³-hybridized carbons (Fsp3) is 0.381. The first kappa shape index (κ1) is 21.0. The molecule has 1 N–H and O–H groups in total. The van der Waals surface area contributed by atoms with Crippen LogP contribution in [-0.4, -0.2) is 16.7 Å². The number of benzene rings is 2. The first-order valence-electron chi connectivity index (χ1n) is 8.88. The Labute approximate surface area is 165 Å². The minimum absolute atomic E-state index is 0.0957. The zero-order chi connectivity index (χ0) is 21.7. The molecule has 156 valence electrons. The molecule has 0 atom stereocenters. The molecule has 0 spiro atoms. The van der Waals surface area contributed by atoms with Crippen molar-refractivity contribution < 1.29 is 36.9 Å². The van der Waals surface area contributed by atoms with Gasteiger partial charge in [-0.25, -0.2) is 17.6 Å². The van der Waals surface area contributed by atoms with Crippen LogP contribution in [0, 0.1) is 23.3 Å². The predicted octanol–water partition coefficient (Wildman–Crippen LogP) is 4.90. The van der Waals surface area contributed by atoms with Gasteiger partial charge in [0.15, 0.2) is 29.0 Å². The Morgan fingerprint density at radius 1 is 1.14 bits per heavy atom. The van der Waals surface area contributed by atoms with Crippen LogP contribution in [0.15, 0.2) is 18.2 Å². The molecule has 3 rings (SSSR count). The molecule has 2 aromatic rings. The number of hydrogen-bond donors (Lipinski definition) is 1. The minimum atomic E-state index is -1.53. The molecule has 2 aromatic carbocycles. The lowest BCUT2D eigenvalue weighted by atomic mass is 9.84. The fourth-order valence-electron chi connectivity index (χ4n) is 3.20. The summed E-state index contributed by atoms with van der Waals surface area (Å²) in [5, 5.41) is 9.22. The molecule has 0 saturated carbocycles. The Hall–Kier alpha value is -2.77. The third kappa shape index (κ3) is 3.75. The third-order valence-corrected chi connectivity index (χ3v) is 4.95. The molecule has 0 amide bonds. The van der Waals surface area contributed by atoms with Crippen molar-refractivity contribution in [1.82, 2.24) is 0 Å². The van der Waals surface area contributed by atoms with Crippen molar-refractivity contribution in [2.24, 2.45) is 0 Å². The molecule has 0 unspecified atom stereocenters. The van der Waals surface area contributed by atoms with Crippen molar-refractivity contribution in [3.05, 3.63) is 58.2 Å². The molecule has 0 aliphatic carbocycles. The SMILES string of the molecule is CC1(C)Cc2cc(F)c(F)c(COc3c(F)cc(C(C)(C)C(=O)O)cc3F)c2O1. The second kappa shape index (κ2) is 6.93. The Morgan fingerprint density at radius 2 is 1.72 bits per heavy atom. The van der Waals surface area contributed by atoms with E-state index in [1.54, 1.807) is 13.8 Å². The zero-order valence-electron chi connectivity index (χ0n) is 16.3.